The molecule has 2 heterocycles. The molecule has 4 rings (SSSR count). The lowest BCUT2D eigenvalue weighted by molar-refractivity contribution is -0.0896. The summed E-state index contributed by atoms with van der Waals surface area (Å²) < 4.78 is 40.9. The number of aromatic hydroxyl groups is 1. The Balaban J connectivity index is 1.79. The maximum absolute atomic E-state index is 13.7. The van der Waals surface area contributed by atoms with Gasteiger partial charge in [-0.25, -0.2) is 8.42 Å². The van der Waals surface area contributed by atoms with E-state index in [1.54, 1.807) is 6.07 Å². The van der Waals surface area contributed by atoms with Crippen LogP contribution in [0, 0.1) is 0 Å². The summed E-state index contributed by atoms with van der Waals surface area (Å²) in [5, 5.41) is 10.8. The third-order valence-corrected chi connectivity index (χ3v) is 8.64. The minimum absolute atomic E-state index is 0.186. The second-order valence-corrected chi connectivity index (χ2v) is 11.3. The Morgan fingerprint density at radius 2 is 1.71 bits per heavy atom. The van der Waals surface area contributed by atoms with Gasteiger partial charge in [0, 0.05) is 18.2 Å². The molecule has 0 aromatic heterocycles. The lowest BCUT2D eigenvalue weighted by Gasteiger charge is -2.30. The third-order valence-electron chi connectivity index (χ3n) is 6.47. The molecule has 0 radical (unpaired) electrons. The van der Waals surface area contributed by atoms with E-state index in [0.29, 0.717) is 17.8 Å². The SMILES string of the molecule is CC1(C)OC(c2cc(S(=O)(=O)N3CCCCc4ccccc43)c(O)cc2Cl)OC1(C)C. The molecule has 6 nitrogen and oxygen atoms in total. The fourth-order valence-electron chi connectivity index (χ4n) is 3.94. The van der Waals surface area contributed by atoms with E-state index in [4.69, 9.17) is 21.1 Å². The van der Waals surface area contributed by atoms with Crippen LogP contribution in [0.15, 0.2) is 41.3 Å². The number of anilines is 1. The molecule has 2 aromatic carbocycles. The van der Waals surface area contributed by atoms with E-state index in [2.05, 4.69) is 0 Å². The minimum Gasteiger partial charge on any atom is -0.506 e. The number of fused-ring (bicyclic) bond motifs is 1. The van der Waals surface area contributed by atoms with Crippen LogP contribution in [-0.2, 0) is 25.9 Å². The zero-order valence-electron chi connectivity index (χ0n) is 18.2. The van der Waals surface area contributed by atoms with Crippen LogP contribution in [0.4, 0.5) is 5.69 Å². The van der Waals surface area contributed by atoms with Crippen LogP contribution in [0.1, 0.15) is 58.0 Å². The van der Waals surface area contributed by atoms with Crippen molar-refractivity contribution < 1.29 is 23.0 Å². The molecule has 168 valence electrons. The van der Waals surface area contributed by atoms with Gasteiger partial charge in [0.2, 0.25) is 0 Å². The lowest BCUT2D eigenvalue weighted by Crippen LogP contribution is -2.41. The highest BCUT2D eigenvalue weighted by molar-refractivity contribution is 7.93. The van der Waals surface area contributed by atoms with Crippen molar-refractivity contribution in [3.63, 3.8) is 0 Å². The molecule has 0 bridgehead atoms. The molecule has 8 heteroatoms. The Morgan fingerprint density at radius 3 is 2.39 bits per heavy atom. The molecule has 31 heavy (non-hydrogen) atoms. The fourth-order valence-corrected chi connectivity index (χ4v) is 5.83. The number of aryl methyl sites for hydroxylation is 1. The van der Waals surface area contributed by atoms with Gasteiger partial charge >= 0.3 is 0 Å². The predicted octanol–water partition coefficient (Wildman–Crippen LogP) is 5.18. The number of hydrogen-bond acceptors (Lipinski definition) is 5. The van der Waals surface area contributed by atoms with E-state index in [0.717, 1.165) is 24.8 Å². The van der Waals surface area contributed by atoms with E-state index >= 15 is 0 Å². The maximum atomic E-state index is 13.7. The molecule has 2 aromatic rings. The predicted molar refractivity (Wildman–Crippen MR) is 120 cm³/mol. The normalized spacial score (nSPS) is 21.0. The first kappa shape index (κ1) is 22.4. The van der Waals surface area contributed by atoms with Gasteiger partial charge in [0.25, 0.3) is 10.0 Å². The van der Waals surface area contributed by atoms with Gasteiger partial charge in [-0.05, 0) is 64.7 Å². The maximum Gasteiger partial charge on any atom is 0.268 e. The number of nitrogens with zero attached hydrogens (tertiary/aromatic N) is 1. The Bertz CT molecular complexity index is 1100. The smallest absolute Gasteiger partial charge is 0.268 e. The number of phenols is 1. The van der Waals surface area contributed by atoms with Crippen molar-refractivity contribution >= 4 is 27.3 Å². The standard InChI is InChI=1S/C23H28ClNO5S/c1-22(2)23(3,4)30-21(29-22)16-13-20(19(26)14-17(16)24)31(27,28)25-12-8-7-10-15-9-5-6-11-18(15)25/h5-6,9,11,13-14,21,26H,7-8,10,12H2,1-4H3. The summed E-state index contributed by atoms with van der Waals surface area (Å²) in [4.78, 5) is -0.210. The van der Waals surface area contributed by atoms with E-state index in [1.165, 1.54) is 16.4 Å². The first-order valence-corrected chi connectivity index (χ1v) is 12.2. The van der Waals surface area contributed by atoms with E-state index in [1.807, 2.05) is 45.9 Å². The van der Waals surface area contributed by atoms with Gasteiger partial charge in [0.1, 0.15) is 10.6 Å². The number of sulfonamides is 1. The van der Waals surface area contributed by atoms with Crippen molar-refractivity contribution in [3.8, 4) is 5.75 Å². The zero-order valence-corrected chi connectivity index (χ0v) is 19.8. The Kier molecular flexibility index (Phi) is 5.53. The molecular formula is C23H28ClNO5S. The van der Waals surface area contributed by atoms with Gasteiger partial charge in [-0.3, -0.25) is 4.31 Å². The largest absolute Gasteiger partial charge is 0.506 e. The summed E-state index contributed by atoms with van der Waals surface area (Å²) in [6.07, 6.45) is 1.60. The third kappa shape index (κ3) is 3.82. The molecule has 0 unspecified atom stereocenters. The molecule has 0 aliphatic carbocycles. The average molecular weight is 466 g/mol. The average Bonchev–Trinajstić information content (AvgIpc) is 2.82. The van der Waals surface area contributed by atoms with Gasteiger partial charge in [-0.15, -0.1) is 0 Å². The van der Waals surface area contributed by atoms with E-state index in [9.17, 15) is 13.5 Å². The van der Waals surface area contributed by atoms with Crippen molar-refractivity contribution in [1.29, 1.82) is 0 Å². The Morgan fingerprint density at radius 1 is 1.06 bits per heavy atom. The van der Waals surface area contributed by atoms with Crippen LogP contribution >= 0.6 is 11.6 Å². The summed E-state index contributed by atoms with van der Waals surface area (Å²) in [7, 11) is -4.04. The molecule has 1 fully saturated rings. The highest BCUT2D eigenvalue weighted by atomic mass is 35.5. The Hall–Kier alpha value is -1.80. The summed E-state index contributed by atoms with van der Waals surface area (Å²) >= 11 is 6.38. The monoisotopic (exact) mass is 465 g/mol. The summed E-state index contributed by atoms with van der Waals surface area (Å²) in [6.45, 7) is 7.98. The summed E-state index contributed by atoms with van der Waals surface area (Å²) in [5.74, 6) is -0.396. The van der Waals surface area contributed by atoms with Gasteiger partial charge in [0.15, 0.2) is 6.29 Å². The van der Waals surface area contributed by atoms with Crippen LogP contribution < -0.4 is 4.31 Å². The van der Waals surface area contributed by atoms with Crippen molar-refractivity contribution in [2.75, 3.05) is 10.8 Å². The van der Waals surface area contributed by atoms with Crippen LogP contribution in [0.5, 0.6) is 5.75 Å². The van der Waals surface area contributed by atoms with Gasteiger partial charge in [-0.1, -0.05) is 29.8 Å². The number of benzene rings is 2. The van der Waals surface area contributed by atoms with Crippen LogP contribution in [0.3, 0.4) is 0 Å². The first-order valence-electron chi connectivity index (χ1n) is 10.4. The second kappa shape index (κ2) is 7.66. The van der Waals surface area contributed by atoms with Gasteiger partial charge in [-0.2, -0.15) is 0 Å². The highest BCUT2D eigenvalue weighted by Crippen LogP contribution is 2.47. The summed E-state index contributed by atoms with van der Waals surface area (Å²) in [5.41, 5.74) is 0.776. The van der Waals surface area contributed by atoms with Crippen molar-refractivity contribution in [2.24, 2.45) is 0 Å². The van der Waals surface area contributed by atoms with Crippen LogP contribution in [0.2, 0.25) is 5.02 Å². The molecule has 0 spiro atoms. The molecule has 1 N–H and O–H groups in total. The minimum atomic E-state index is -4.04. The molecule has 2 aliphatic heterocycles. The number of para-hydroxylation sites is 1. The van der Waals surface area contributed by atoms with Crippen molar-refractivity contribution in [3.05, 3.63) is 52.5 Å². The quantitative estimate of drug-likeness (QED) is 0.675. The number of halogens is 1. The number of phenolic OH excluding ortho intramolecular Hbond substituents is 1. The summed E-state index contributed by atoms with van der Waals surface area (Å²) in [6, 6.07) is 10.1. The Labute approximate surface area is 188 Å². The van der Waals surface area contributed by atoms with Crippen molar-refractivity contribution in [2.45, 2.75) is 69.3 Å². The number of ether oxygens (including phenoxy) is 2. The number of hydrogen-bond donors (Lipinski definition) is 1. The molecule has 1 saturated heterocycles. The highest BCUT2D eigenvalue weighted by Gasteiger charge is 2.50. The topological polar surface area (TPSA) is 76.1 Å². The number of rotatable bonds is 3. The molecule has 2 aliphatic rings. The van der Waals surface area contributed by atoms with Gasteiger partial charge in [0.05, 0.1) is 21.9 Å². The molecule has 0 amide bonds. The van der Waals surface area contributed by atoms with Crippen LogP contribution in [0.25, 0.3) is 0 Å². The van der Waals surface area contributed by atoms with E-state index in [-0.39, 0.29) is 9.92 Å². The molecular weight excluding hydrogens is 438 g/mol. The fraction of sp³-hybridized carbons (Fsp3) is 0.478. The van der Waals surface area contributed by atoms with Gasteiger partial charge < -0.3 is 14.6 Å². The molecule has 0 saturated carbocycles. The van der Waals surface area contributed by atoms with Crippen LogP contribution in [-0.4, -0.2) is 31.3 Å². The zero-order chi connectivity index (χ0) is 22.6. The van der Waals surface area contributed by atoms with E-state index < -0.39 is 33.3 Å². The second-order valence-electron chi connectivity index (χ2n) is 9.09. The molecule has 0 atom stereocenters. The lowest BCUT2D eigenvalue weighted by atomic mass is 9.90. The first-order chi connectivity index (χ1) is 14.4. The van der Waals surface area contributed by atoms with Crippen molar-refractivity contribution in [1.82, 2.24) is 0 Å².